The van der Waals surface area contributed by atoms with Gasteiger partial charge in [0.25, 0.3) is 0 Å². The van der Waals surface area contributed by atoms with Crippen LogP contribution in [0.2, 0.25) is 0 Å². The van der Waals surface area contributed by atoms with E-state index in [0.29, 0.717) is 5.56 Å². The molecule has 0 radical (unpaired) electrons. The maximum Gasteiger partial charge on any atom is 0.101 e. The van der Waals surface area contributed by atoms with Crippen LogP contribution < -0.4 is 0 Å². The van der Waals surface area contributed by atoms with Crippen molar-refractivity contribution in [2.75, 3.05) is 39.3 Å². The zero-order valence-electron chi connectivity index (χ0n) is 18.8. The molecule has 2 aromatic heterocycles. The molecule has 1 aliphatic heterocycles. The van der Waals surface area contributed by atoms with Crippen molar-refractivity contribution in [3.8, 4) is 12.1 Å². The quantitative estimate of drug-likeness (QED) is 0.455. The molecule has 0 bridgehead atoms. The number of H-pyrrole nitrogens is 2. The normalized spacial score (nSPS) is 15.1. The van der Waals surface area contributed by atoms with Crippen LogP contribution in [-0.4, -0.2) is 59.0 Å². The Bertz CT molecular complexity index is 1340. The van der Waals surface area contributed by atoms with Crippen LogP contribution in [-0.2, 0) is 12.8 Å². The van der Waals surface area contributed by atoms with Crippen LogP contribution >= 0.6 is 0 Å². The SMILES string of the molecule is N#Cc1ccc2[nH]cc(CCN3CCN(CCCc4cccc5[nH]cc(C#N)c45)CC3)c2c1. The molecule has 1 saturated heterocycles. The highest BCUT2D eigenvalue weighted by atomic mass is 15.3. The van der Waals surface area contributed by atoms with Gasteiger partial charge in [0.2, 0.25) is 0 Å². The fourth-order valence-corrected chi connectivity index (χ4v) is 5.02. The summed E-state index contributed by atoms with van der Waals surface area (Å²) >= 11 is 0. The lowest BCUT2D eigenvalue weighted by Crippen LogP contribution is -2.47. The number of nitrogens with one attached hydrogen (secondary N) is 2. The van der Waals surface area contributed by atoms with Gasteiger partial charge in [-0.1, -0.05) is 12.1 Å². The lowest BCUT2D eigenvalue weighted by molar-refractivity contribution is 0.132. The fourth-order valence-electron chi connectivity index (χ4n) is 5.02. The number of hydrogen-bond acceptors (Lipinski definition) is 4. The van der Waals surface area contributed by atoms with Gasteiger partial charge in [-0.05, 0) is 61.2 Å². The molecule has 6 heteroatoms. The van der Waals surface area contributed by atoms with Crippen molar-refractivity contribution in [1.29, 1.82) is 10.5 Å². The number of rotatable bonds is 7. The molecule has 0 unspecified atom stereocenters. The average molecular weight is 437 g/mol. The number of hydrogen-bond donors (Lipinski definition) is 2. The topological polar surface area (TPSA) is 85.6 Å². The van der Waals surface area contributed by atoms with Gasteiger partial charge < -0.3 is 19.8 Å². The highest BCUT2D eigenvalue weighted by Gasteiger charge is 2.17. The van der Waals surface area contributed by atoms with Crippen molar-refractivity contribution in [1.82, 2.24) is 19.8 Å². The minimum absolute atomic E-state index is 0.716. The first-order valence-corrected chi connectivity index (χ1v) is 11.7. The summed E-state index contributed by atoms with van der Waals surface area (Å²) in [4.78, 5) is 11.6. The molecule has 1 fully saturated rings. The Morgan fingerprint density at radius 3 is 2.36 bits per heavy atom. The Morgan fingerprint density at radius 1 is 0.788 bits per heavy atom. The molecule has 0 atom stereocenters. The van der Waals surface area contributed by atoms with E-state index in [9.17, 15) is 10.5 Å². The van der Waals surface area contributed by atoms with Crippen molar-refractivity contribution in [2.45, 2.75) is 19.3 Å². The Kier molecular flexibility index (Phi) is 6.13. The van der Waals surface area contributed by atoms with E-state index in [1.54, 1.807) is 0 Å². The molecule has 4 aromatic rings. The van der Waals surface area contributed by atoms with Crippen LogP contribution in [0.15, 0.2) is 48.8 Å². The van der Waals surface area contributed by atoms with Crippen molar-refractivity contribution in [3.63, 3.8) is 0 Å². The van der Waals surface area contributed by atoms with Gasteiger partial charge in [-0.25, -0.2) is 0 Å². The number of aryl methyl sites for hydroxylation is 1. The van der Waals surface area contributed by atoms with Gasteiger partial charge in [-0.2, -0.15) is 10.5 Å². The first-order valence-electron chi connectivity index (χ1n) is 11.7. The highest BCUT2D eigenvalue weighted by molar-refractivity contribution is 5.89. The summed E-state index contributed by atoms with van der Waals surface area (Å²) in [6.07, 6.45) is 6.99. The molecule has 0 spiro atoms. The fraction of sp³-hybridized carbons (Fsp3) is 0.333. The van der Waals surface area contributed by atoms with Crippen LogP contribution in [0.3, 0.4) is 0 Å². The molecule has 0 aliphatic carbocycles. The second-order valence-electron chi connectivity index (χ2n) is 8.88. The third kappa shape index (κ3) is 4.50. The molecular formula is C27H28N6. The predicted molar refractivity (Wildman–Crippen MR) is 131 cm³/mol. The van der Waals surface area contributed by atoms with E-state index in [0.717, 1.165) is 80.5 Å². The van der Waals surface area contributed by atoms with E-state index in [1.165, 1.54) is 16.5 Å². The van der Waals surface area contributed by atoms with Gasteiger partial charge in [-0.3, -0.25) is 0 Å². The van der Waals surface area contributed by atoms with Gasteiger partial charge in [0.1, 0.15) is 6.07 Å². The van der Waals surface area contributed by atoms with Gasteiger partial charge in [-0.15, -0.1) is 0 Å². The zero-order valence-corrected chi connectivity index (χ0v) is 18.8. The molecule has 0 saturated carbocycles. The maximum atomic E-state index is 9.39. The molecular weight excluding hydrogens is 408 g/mol. The van der Waals surface area contributed by atoms with Gasteiger partial charge in [0, 0.05) is 66.9 Å². The van der Waals surface area contributed by atoms with E-state index < -0.39 is 0 Å². The minimum Gasteiger partial charge on any atom is -0.361 e. The van der Waals surface area contributed by atoms with E-state index in [-0.39, 0.29) is 0 Å². The number of nitriles is 2. The maximum absolute atomic E-state index is 9.39. The lowest BCUT2D eigenvalue weighted by Gasteiger charge is -2.34. The van der Waals surface area contributed by atoms with Crippen LogP contribution in [0.25, 0.3) is 21.8 Å². The first kappa shape index (κ1) is 21.3. The summed E-state index contributed by atoms with van der Waals surface area (Å²) in [5.74, 6) is 0. The van der Waals surface area contributed by atoms with E-state index in [4.69, 9.17) is 0 Å². The van der Waals surface area contributed by atoms with E-state index in [2.05, 4.69) is 50.2 Å². The van der Waals surface area contributed by atoms with E-state index >= 15 is 0 Å². The number of piperazine rings is 1. The molecule has 3 heterocycles. The largest absolute Gasteiger partial charge is 0.361 e. The molecule has 6 nitrogen and oxygen atoms in total. The predicted octanol–water partition coefficient (Wildman–Crippen LogP) is 4.19. The average Bonchev–Trinajstić information content (AvgIpc) is 3.47. The number of nitrogens with zero attached hydrogens (tertiary/aromatic N) is 4. The number of aromatic amines is 2. The third-order valence-electron chi connectivity index (χ3n) is 6.89. The Labute approximate surface area is 194 Å². The molecule has 166 valence electrons. The van der Waals surface area contributed by atoms with Crippen molar-refractivity contribution in [3.05, 3.63) is 71.0 Å². The van der Waals surface area contributed by atoms with Gasteiger partial charge in [0.15, 0.2) is 0 Å². The second kappa shape index (κ2) is 9.50. The monoisotopic (exact) mass is 436 g/mol. The minimum atomic E-state index is 0.716. The summed E-state index contributed by atoms with van der Waals surface area (Å²) in [6.45, 7) is 6.53. The van der Waals surface area contributed by atoms with Crippen LogP contribution in [0.4, 0.5) is 0 Å². The highest BCUT2D eigenvalue weighted by Crippen LogP contribution is 2.24. The van der Waals surface area contributed by atoms with Gasteiger partial charge >= 0.3 is 0 Å². The Morgan fingerprint density at radius 2 is 1.58 bits per heavy atom. The van der Waals surface area contributed by atoms with Crippen LogP contribution in [0, 0.1) is 22.7 Å². The van der Waals surface area contributed by atoms with Crippen LogP contribution in [0.1, 0.15) is 28.7 Å². The Hall–Kier alpha value is -3.58. The zero-order chi connectivity index (χ0) is 22.6. The summed E-state index contributed by atoms with van der Waals surface area (Å²) in [7, 11) is 0. The van der Waals surface area contributed by atoms with Crippen LogP contribution in [0.5, 0.6) is 0 Å². The van der Waals surface area contributed by atoms with Crippen molar-refractivity contribution >= 4 is 21.8 Å². The molecule has 0 amide bonds. The summed E-state index contributed by atoms with van der Waals surface area (Å²) < 4.78 is 0. The Balaban J connectivity index is 1.10. The molecule has 2 aromatic carbocycles. The molecule has 33 heavy (non-hydrogen) atoms. The molecule has 1 aliphatic rings. The summed E-state index contributed by atoms with van der Waals surface area (Å²) in [5, 5.41) is 20.8. The first-order chi connectivity index (χ1) is 16.2. The van der Waals surface area contributed by atoms with Crippen molar-refractivity contribution < 1.29 is 0 Å². The lowest BCUT2D eigenvalue weighted by atomic mass is 10.0. The summed E-state index contributed by atoms with van der Waals surface area (Å²) in [5.41, 5.74) is 6.17. The number of benzene rings is 2. The van der Waals surface area contributed by atoms with Gasteiger partial charge in [0.05, 0.1) is 17.2 Å². The smallest absolute Gasteiger partial charge is 0.101 e. The molecule has 5 rings (SSSR count). The molecule has 2 N–H and O–H groups in total. The third-order valence-corrected chi connectivity index (χ3v) is 6.89. The number of fused-ring (bicyclic) bond motifs is 2. The second-order valence-corrected chi connectivity index (χ2v) is 8.88. The van der Waals surface area contributed by atoms with Crippen molar-refractivity contribution in [2.24, 2.45) is 0 Å². The summed E-state index contributed by atoms with van der Waals surface area (Å²) in [6, 6.07) is 16.7. The van der Waals surface area contributed by atoms with E-state index in [1.807, 2.05) is 30.5 Å². The number of aromatic nitrogens is 2. The standard InChI is InChI=1S/C27H28N6/c28-16-20-6-7-25-24(15-20)22(18-30-25)8-10-33-13-11-32(12-14-33)9-2-4-21-3-1-5-26-27(21)23(17-29)19-31-26/h1,3,5-7,15,18-19,30-31H,2,4,8-14H2.